The second kappa shape index (κ2) is 4.56. The van der Waals surface area contributed by atoms with Crippen molar-refractivity contribution in [2.75, 3.05) is 13.6 Å². The number of tetrazole rings is 1. The minimum absolute atomic E-state index is 0.00495. The maximum Gasteiger partial charge on any atom is 0.244 e. The minimum atomic E-state index is -0.00495. The largest absolute Gasteiger partial charge is 0.340 e. The monoisotopic (exact) mass is 224 g/mol. The van der Waals surface area contributed by atoms with E-state index < -0.39 is 0 Å². The molecule has 0 aromatic carbocycles. The topological polar surface area (TPSA) is 89.9 Å². The molecule has 16 heavy (non-hydrogen) atoms. The van der Waals surface area contributed by atoms with Crippen LogP contribution >= 0.6 is 0 Å². The van der Waals surface area contributed by atoms with E-state index in [-0.39, 0.29) is 18.5 Å². The van der Waals surface area contributed by atoms with E-state index in [9.17, 15) is 4.79 Å². The van der Waals surface area contributed by atoms with Crippen LogP contribution < -0.4 is 5.73 Å². The molecule has 1 fully saturated rings. The summed E-state index contributed by atoms with van der Waals surface area (Å²) in [4.78, 5) is 13.6. The van der Waals surface area contributed by atoms with Gasteiger partial charge < -0.3 is 10.6 Å². The molecular formula is C9H16N6O. The molecule has 1 aromatic rings. The Bertz CT molecular complexity index is 347. The standard InChI is InChI=1S/C9H16N6O/c1-14(8(4-10)7-2-3-7)9(16)5-15-6-11-12-13-15/h6-8H,2-5,10H2,1H3. The number of rotatable bonds is 5. The number of likely N-dealkylation sites (N-methyl/N-ethyl adjacent to an activating group) is 1. The lowest BCUT2D eigenvalue weighted by molar-refractivity contribution is -0.133. The Morgan fingerprint density at radius 2 is 2.44 bits per heavy atom. The first kappa shape index (κ1) is 11.0. The first-order valence-electron chi connectivity index (χ1n) is 5.39. The van der Waals surface area contributed by atoms with Crippen LogP contribution in [0.1, 0.15) is 12.8 Å². The van der Waals surface area contributed by atoms with Gasteiger partial charge >= 0.3 is 0 Å². The van der Waals surface area contributed by atoms with Gasteiger partial charge in [0.1, 0.15) is 12.9 Å². The second-order valence-electron chi connectivity index (χ2n) is 4.15. The number of carbonyl (C=O) groups excluding carboxylic acids is 1. The summed E-state index contributed by atoms with van der Waals surface area (Å²) >= 11 is 0. The summed E-state index contributed by atoms with van der Waals surface area (Å²) in [6.45, 7) is 0.690. The Morgan fingerprint density at radius 3 is 2.94 bits per heavy atom. The maximum atomic E-state index is 11.9. The van der Waals surface area contributed by atoms with Crippen LogP contribution in [-0.4, -0.2) is 50.6 Å². The molecule has 0 aliphatic heterocycles. The molecule has 1 unspecified atom stereocenters. The molecule has 2 N–H and O–H groups in total. The van der Waals surface area contributed by atoms with Crippen molar-refractivity contribution in [2.24, 2.45) is 11.7 Å². The van der Waals surface area contributed by atoms with Gasteiger partial charge in [0.25, 0.3) is 0 Å². The first-order valence-corrected chi connectivity index (χ1v) is 5.39. The van der Waals surface area contributed by atoms with E-state index in [1.165, 1.54) is 23.9 Å². The van der Waals surface area contributed by atoms with Gasteiger partial charge in [-0.05, 0) is 29.2 Å². The van der Waals surface area contributed by atoms with Crippen LogP contribution in [0.25, 0.3) is 0 Å². The predicted octanol–water partition coefficient (Wildman–Crippen LogP) is -1.13. The highest BCUT2D eigenvalue weighted by atomic mass is 16.2. The van der Waals surface area contributed by atoms with Gasteiger partial charge in [0, 0.05) is 19.6 Å². The number of amides is 1. The fourth-order valence-corrected chi connectivity index (χ4v) is 1.84. The lowest BCUT2D eigenvalue weighted by atomic mass is 10.1. The molecule has 1 saturated carbocycles. The van der Waals surface area contributed by atoms with Gasteiger partial charge in [0.15, 0.2) is 0 Å². The lowest BCUT2D eigenvalue weighted by Gasteiger charge is -2.26. The molecule has 1 aliphatic carbocycles. The summed E-state index contributed by atoms with van der Waals surface area (Å²) in [5.41, 5.74) is 5.68. The van der Waals surface area contributed by atoms with E-state index in [0.717, 1.165) is 0 Å². The molecule has 1 atom stereocenters. The van der Waals surface area contributed by atoms with Crippen LogP contribution in [0, 0.1) is 5.92 Å². The molecule has 0 saturated heterocycles. The summed E-state index contributed by atoms with van der Waals surface area (Å²) in [6, 6.07) is 0.156. The number of nitrogens with zero attached hydrogens (tertiary/aromatic N) is 5. The maximum absolute atomic E-state index is 11.9. The zero-order chi connectivity index (χ0) is 11.5. The summed E-state index contributed by atoms with van der Waals surface area (Å²) in [5.74, 6) is 0.572. The second-order valence-corrected chi connectivity index (χ2v) is 4.15. The lowest BCUT2D eigenvalue weighted by Crippen LogP contribution is -2.44. The van der Waals surface area contributed by atoms with Crippen LogP contribution in [-0.2, 0) is 11.3 Å². The molecule has 7 heteroatoms. The van der Waals surface area contributed by atoms with Crippen molar-refractivity contribution >= 4 is 5.91 Å². The van der Waals surface area contributed by atoms with Crippen LogP contribution in [0.2, 0.25) is 0 Å². The van der Waals surface area contributed by atoms with Gasteiger partial charge in [-0.15, -0.1) is 5.10 Å². The highest BCUT2D eigenvalue weighted by molar-refractivity contribution is 5.76. The van der Waals surface area contributed by atoms with E-state index in [1.807, 2.05) is 0 Å². The van der Waals surface area contributed by atoms with Crippen molar-refractivity contribution in [1.29, 1.82) is 0 Å². The van der Waals surface area contributed by atoms with Crippen LogP contribution in [0.15, 0.2) is 6.33 Å². The van der Waals surface area contributed by atoms with Crippen molar-refractivity contribution in [3.63, 3.8) is 0 Å². The third-order valence-corrected chi connectivity index (χ3v) is 2.99. The molecule has 7 nitrogen and oxygen atoms in total. The number of hydrogen-bond acceptors (Lipinski definition) is 5. The van der Waals surface area contributed by atoms with Crippen LogP contribution in [0.5, 0.6) is 0 Å². The molecule has 1 aromatic heterocycles. The SMILES string of the molecule is CN(C(=O)Cn1cnnn1)C(CN)C1CC1. The molecule has 0 spiro atoms. The van der Waals surface area contributed by atoms with Gasteiger partial charge in [-0.1, -0.05) is 0 Å². The summed E-state index contributed by atoms with van der Waals surface area (Å²) < 4.78 is 1.42. The number of aromatic nitrogens is 4. The third-order valence-electron chi connectivity index (χ3n) is 2.99. The number of carbonyl (C=O) groups is 1. The third kappa shape index (κ3) is 2.35. The number of hydrogen-bond donors (Lipinski definition) is 1. The summed E-state index contributed by atoms with van der Waals surface area (Å²) in [6.07, 6.45) is 3.77. The van der Waals surface area contributed by atoms with Crippen LogP contribution in [0.4, 0.5) is 0 Å². The predicted molar refractivity (Wildman–Crippen MR) is 56.2 cm³/mol. The van der Waals surface area contributed by atoms with Crippen molar-refractivity contribution < 1.29 is 4.79 Å². The summed E-state index contributed by atoms with van der Waals surface area (Å²) in [5, 5.41) is 10.6. The minimum Gasteiger partial charge on any atom is -0.340 e. The van der Waals surface area contributed by atoms with Crippen molar-refractivity contribution in [2.45, 2.75) is 25.4 Å². The van der Waals surface area contributed by atoms with Gasteiger partial charge in [0.2, 0.25) is 5.91 Å². The molecule has 0 bridgehead atoms. The van der Waals surface area contributed by atoms with E-state index in [2.05, 4.69) is 15.5 Å². The Balaban J connectivity index is 1.92. The van der Waals surface area contributed by atoms with Gasteiger partial charge in [-0.3, -0.25) is 4.79 Å². The van der Waals surface area contributed by atoms with Crippen molar-refractivity contribution in [3.8, 4) is 0 Å². The average Bonchev–Trinajstić information content (AvgIpc) is 2.97. The quantitative estimate of drug-likeness (QED) is 0.683. The van der Waals surface area contributed by atoms with E-state index >= 15 is 0 Å². The summed E-state index contributed by atoms with van der Waals surface area (Å²) in [7, 11) is 1.79. The highest BCUT2D eigenvalue weighted by Crippen LogP contribution is 2.34. The zero-order valence-electron chi connectivity index (χ0n) is 9.28. The smallest absolute Gasteiger partial charge is 0.244 e. The van der Waals surface area contributed by atoms with Gasteiger partial charge in [-0.25, -0.2) is 4.68 Å². The van der Waals surface area contributed by atoms with Crippen molar-refractivity contribution in [1.82, 2.24) is 25.1 Å². The van der Waals surface area contributed by atoms with E-state index in [0.29, 0.717) is 12.5 Å². The van der Waals surface area contributed by atoms with Gasteiger partial charge in [0.05, 0.1) is 0 Å². The van der Waals surface area contributed by atoms with Gasteiger partial charge in [-0.2, -0.15) is 0 Å². The number of nitrogens with two attached hydrogens (primary N) is 1. The zero-order valence-corrected chi connectivity index (χ0v) is 9.28. The van der Waals surface area contributed by atoms with E-state index in [1.54, 1.807) is 11.9 Å². The molecule has 0 radical (unpaired) electrons. The van der Waals surface area contributed by atoms with Crippen LogP contribution in [0.3, 0.4) is 0 Å². The molecule has 1 amide bonds. The Hall–Kier alpha value is -1.50. The fraction of sp³-hybridized carbons (Fsp3) is 0.778. The van der Waals surface area contributed by atoms with Crippen molar-refractivity contribution in [3.05, 3.63) is 6.33 Å². The Kier molecular flexibility index (Phi) is 3.14. The molecule has 88 valence electrons. The van der Waals surface area contributed by atoms with E-state index in [4.69, 9.17) is 5.73 Å². The molecule has 1 aliphatic rings. The highest BCUT2D eigenvalue weighted by Gasteiger charge is 2.34. The molecule has 2 rings (SSSR count). The fourth-order valence-electron chi connectivity index (χ4n) is 1.84. The first-order chi connectivity index (χ1) is 7.72. The average molecular weight is 224 g/mol. The normalized spacial score (nSPS) is 17.1. The Labute approximate surface area is 93.6 Å². The molecular weight excluding hydrogens is 208 g/mol. The molecule has 1 heterocycles. The Morgan fingerprint density at radius 1 is 1.69 bits per heavy atom.